The molecule has 11 heavy (non-hydrogen) atoms. The van der Waals surface area contributed by atoms with Crippen molar-refractivity contribution < 1.29 is 4.74 Å². The number of hydrogen-bond donors (Lipinski definition) is 0. The van der Waals surface area contributed by atoms with Crippen molar-refractivity contribution in [2.45, 2.75) is 45.6 Å². The molecule has 0 bridgehead atoms. The van der Waals surface area contributed by atoms with Gasteiger partial charge in [0.2, 0.25) is 0 Å². The Hall–Kier alpha value is -0.0400. The molecule has 0 aliphatic heterocycles. The lowest BCUT2D eigenvalue weighted by Gasteiger charge is -2.32. The van der Waals surface area contributed by atoms with Gasteiger partial charge in [-0.2, -0.15) is 0 Å². The van der Waals surface area contributed by atoms with Crippen LogP contribution in [0, 0.1) is 11.8 Å². The molecule has 1 heteroatoms. The summed E-state index contributed by atoms with van der Waals surface area (Å²) >= 11 is 0. The van der Waals surface area contributed by atoms with Gasteiger partial charge in [0.1, 0.15) is 0 Å². The minimum atomic E-state index is 0.450. The monoisotopic (exact) mass is 156 g/mol. The molecule has 0 radical (unpaired) electrons. The first-order valence-electron chi connectivity index (χ1n) is 4.76. The van der Waals surface area contributed by atoms with E-state index < -0.39 is 0 Å². The molecular formula is C10H20O. The summed E-state index contributed by atoms with van der Waals surface area (Å²) in [5.74, 6) is 1.88. The van der Waals surface area contributed by atoms with Gasteiger partial charge in [-0.05, 0) is 25.2 Å². The average Bonchev–Trinajstić information content (AvgIpc) is 1.83. The summed E-state index contributed by atoms with van der Waals surface area (Å²) in [6, 6.07) is 0. The Kier molecular flexibility index (Phi) is 3.38. The molecule has 0 aromatic heterocycles. The minimum Gasteiger partial charge on any atom is -0.382 e. The van der Waals surface area contributed by atoms with Crippen LogP contribution in [0.2, 0.25) is 0 Å². The fourth-order valence-corrected chi connectivity index (χ4v) is 1.82. The first-order chi connectivity index (χ1) is 5.24. The van der Waals surface area contributed by atoms with Crippen molar-refractivity contribution in [3.63, 3.8) is 0 Å². The molecule has 1 fully saturated rings. The summed E-state index contributed by atoms with van der Waals surface area (Å²) in [5.41, 5.74) is 0. The standard InChI is InChI=1S/C10H20O/c1-8(7-9(2)11-3)10-5-4-6-10/h8-10H,4-7H2,1-3H3. The number of methoxy groups -OCH3 is 1. The SMILES string of the molecule is COC(C)CC(C)C1CCC1. The molecule has 0 saturated heterocycles. The molecule has 0 spiro atoms. The van der Waals surface area contributed by atoms with Gasteiger partial charge >= 0.3 is 0 Å². The van der Waals surface area contributed by atoms with Gasteiger partial charge in [-0.1, -0.05) is 26.2 Å². The van der Waals surface area contributed by atoms with E-state index in [-0.39, 0.29) is 0 Å². The maximum absolute atomic E-state index is 5.24. The largest absolute Gasteiger partial charge is 0.382 e. The smallest absolute Gasteiger partial charge is 0.0545 e. The lowest BCUT2D eigenvalue weighted by Crippen LogP contribution is -2.23. The molecule has 1 aliphatic rings. The van der Waals surface area contributed by atoms with Crippen molar-refractivity contribution in [2.24, 2.45) is 11.8 Å². The molecule has 1 rings (SSSR count). The zero-order valence-electron chi connectivity index (χ0n) is 7.97. The highest BCUT2D eigenvalue weighted by Crippen LogP contribution is 2.35. The lowest BCUT2D eigenvalue weighted by molar-refractivity contribution is 0.0749. The fraction of sp³-hybridized carbons (Fsp3) is 1.00. The van der Waals surface area contributed by atoms with Crippen LogP contribution in [-0.2, 0) is 4.74 Å². The normalized spacial score (nSPS) is 24.3. The number of ether oxygens (including phenoxy) is 1. The van der Waals surface area contributed by atoms with Crippen molar-refractivity contribution in [3.8, 4) is 0 Å². The van der Waals surface area contributed by atoms with E-state index in [0.717, 1.165) is 11.8 Å². The second-order valence-electron chi connectivity index (χ2n) is 3.95. The summed E-state index contributed by atoms with van der Waals surface area (Å²) in [4.78, 5) is 0. The first kappa shape index (κ1) is 9.05. The highest BCUT2D eigenvalue weighted by molar-refractivity contribution is 4.76. The van der Waals surface area contributed by atoms with Gasteiger partial charge in [0.25, 0.3) is 0 Å². The van der Waals surface area contributed by atoms with Gasteiger partial charge < -0.3 is 4.74 Å². The third kappa shape index (κ3) is 2.48. The van der Waals surface area contributed by atoms with Crippen LogP contribution in [0.25, 0.3) is 0 Å². The van der Waals surface area contributed by atoms with E-state index in [0.29, 0.717) is 6.10 Å². The topological polar surface area (TPSA) is 9.23 Å². The Balaban J connectivity index is 2.13. The molecule has 2 unspecified atom stereocenters. The molecule has 0 amide bonds. The van der Waals surface area contributed by atoms with Crippen LogP contribution >= 0.6 is 0 Å². The molecule has 2 atom stereocenters. The van der Waals surface area contributed by atoms with Crippen LogP contribution in [-0.4, -0.2) is 13.2 Å². The Morgan fingerprint density at radius 3 is 2.36 bits per heavy atom. The maximum Gasteiger partial charge on any atom is 0.0545 e. The Morgan fingerprint density at radius 1 is 1.36 bits per heavy atom. The van der Waals surface area contributed by atoms with Crippen LogP contribution < -0.4 is 0 Å². The molecular weight excluding hydrogens is 136 g/mol. The predicted octanol–water partition coefficient (Wildman–Crippen LogP) is 2.85. The molecule has 0 aromatic carbocycles. The van der Waals surface area contributed by atoms with Crippen LogP contribution in [0.1, 0.15) is 39.5 Å². The molecule has 1 saturated carbocycles. The molecule has 66 valence electrons. The second-order valence-corrected chi connectivity index (χ2v) is 3.95. The van der Waals surface area contributed by atoms with Crippen LogP contribution in [0.5, 0.6) is 0 Å². The van der Waals surface area contributed by atoms with Gasteiger partial charge in [0, 0.05) is 7.11 Å². The third-order valence-electron chi connectivity index (χ3n) is 3.06. The fourth-order valence-electron chi connectivity index (χ4n) is 1.82. The molecule has 0 N–H and O–H groups in total. The predicted molar refractivity (Wildman–Crippen MR) is 47.6 cm³/mol. The molecule has 0 heterocycles. The van der Waals surface area contributed by atoms with Gasteiger partial charge in [0.15, 0.2) is 0 Å². The Bertz CT molecular complexity index is 107. The van der Waals surface area contributed by atoms with Crippen molar-refractivity contribution in [1.82, 2.24) is 0 Å². The van der Waals surface area contributed by atoms with Crippen molar-refractivity contribution >= 4 is 0 Å². The van der Waals surface area contributed by atoms with Crippen LogP contribution in [0.15, 0.2) is 0 Å². The second kappa shape index (κ2) is 4.10. The summed E-state index contributed by atoms with van der Waals surface area (Å²) in [6.45, 7) is 4.52. The zero-order valence-corrected chi connectivity index (χ0v) is 7.97. The highest BCUT2D eigenvalue weighted by atomic mass is 16.5. The molecule has 1 aliphatic carbocycles. The Labute approximate surface area is 70.1 Å². The van der Waals surface area contributed by atoms with E-state index in [4.69, 9.17) is 4.74 Å². The number of hydrogen-bond acceptors (Lipinski definition) is 1. The zero-order chi connectivity index (χ0) is 8.27. The average molecular weight is 156 g/mol. The summed E-state index contributed by atoms with van der Waals surface area (Å²) in [7, 11) is 1.80. The van der Waals surface area contributed by atoms with E-state index in [2.05, 4.69) is 13.8 Å². The summed E-state index contributed by atoms with van der Waals surface area (Å²) in [5, 5.41) is 0. The molecule has 1 nitrogen and oxygen atoms in total. The van der Waals surface area contributed by atoms with Gasteiger partial charge in [-0.3, -0.25) is 0 Å². The summed E-state index contributed by atoms with van der Waals surface area (Å²) < 4.78 is 5.24. The summed E-state index contributed by atoms with van der Waals surface area (Å²) in [6.07, 6.45) is 6.05. The minimum absolute atomic E-state index is 0.450. The van der Waals surface area contributed by atoms with Crippen LogP contribution in [0.3, 0.4) is 0 Å². The third-order valence-corrected chi connectivity index (χ3v) is 3.06. The van der Waals surface area contributed by atoms with Gasteiger partial charge in [-0.25, -0.2) is 0 Å². The van der Waals surface area contributed by atoms with Crippen LogP contribution in [0.4, 0.5) is 0 Å². The van der Waals surface area contributed by atoms with E-state index in [9.17, 15) is 0 Å². The first-order valence-corrected chi connectivity index (χ1v) is 4.76. The van der Waals surface area contributed by atoms with E-state index in [1.165, 1.54) is 25.7 Å². The lowest BCUT2D eigenvalue weighted by atomic mass is 9.75. The van der Waals surface area contributed by atoms with E-state index >= 15 is 0 Å². The van der Waals surface area contributed by atoms with Crippen molar-refractivity contribution in [3.05, 3.63) is 0 Å². The quantitative estimate of drug-likeness (QED) is 0.608. The van der Waals surface area contributed by atoms with Gasteiger partial charge in [0.05, 0.1) is 6.10 Å². The van der Waals surface area contributed by atoms with E-state index in [1.54, 1.807) is 7.11 Å². The number of rotatable bonds is 4. The highest BCUT2D eigenvalue weighted by Gasteiger charge is 2.24. The van der Waals surface area contributed by atoms with E-state index in [1.807, 2.05) is 0 Å². The van der Waals surface area contributed by atoms with Crippen molar-refractivity contribution in [1.29, 1.82) is 0 Å². The van der Waals surface area contributed by atoms with Crippen molar-refractivity contribution in [2.75, 3.05) is 7.11 Å². The molecule has 0 aromatic rings. The maximum atomic E-state index is 5.24. The Morgan fingerprint density at radius 2 is 2.00 bits per heavy atom. The van der Waals surface area contributed by atoms with Gasteiger partial charge in [-0.15, -0.1) is 0 Å².